The van der Waals surface area contributed by atoms with E-state index >= 15 is 0 Å². The minimum absolute atomic E-state index is 0. The van der Waals surface area contributed by atoms with Gasteiger partial charge in [-0.1, -0.05) is 6.92 Å². The van der Waals surface area contributed by atoms with E-state index in [1.165, 1.54) is 12.4 Å². The number of anilines is 2. The minimum atomic E-state index is -0.719. The molecule has 1 aliphatic rings. The zero-order valence-electron chi connectivity index (χ0n) is 17.1. The second kappa shape index (κ2) is 8.08. The number of H-pyrrole nitrogens is 1. The van der Waals surface area contributed by atoms with Gasteiger partial charge in [0.25, 0.3) is 0 Å². The molecule has 3 aromatic heterocycles. The molecule has 10 nitrogen and oxygen atoms in total. The number of aromatic amines is 1. The first-order valence-corrected chi connectivity index (χ1v) is 9.13. The van der Waals surface area contributed by atoms with Gasteiger partial charge >= 0.3 is 13.2 Å². The summed E-state index contributed by atoms with van der Waals surface area (Å²) in [4.78, 5) is 31.5. The molecule has 1 aliphatic heterocycles. The standard InChI is InChI=1S/C18H22N8O2.ClH/c1-10-3-4-14(13-5-6-22-25(13)2)26(9-10)18(28)17(27)23-12-8-20-16(19)11-7-21-24-15(11)12;/h5-8,10,14H,3-4,9H2,1-2H3,(H2,19,20)(H,21,24)(H,23,27);1H/t10-,14-;/m1./s1. The zero-order chi connectivity index (χ0) is 19.8. The van der Waals surface area contributed by atoms with E-state index in [0.29, 0.717) is 34.9 Å². The van der Waals surface area contributed by atoms with Gasteiger partial charge in [-0.05, 0) is 24.8 Å². The number of hydrogen-bond acceptors (Lipinski definition) is 6. The highest BCUT2D eigenvalue weighted by molar-refractivity contribution is 6.40. The van der Waals surface area contributed by atoms with Crippen molar-refractivity contribution in [3.8, 4) is 0 Å². The molecule has 4 rings (SSSR count). The van der Waals surface area contributed by atoms with E-state index in [0.717, 1.165) is 18.5 Å². The molecule has 154 valence electrons. The average Bonchev–Trinajstić information content (AvgIpc) is 3.33. The van der Waals surface area contributed by atoms with Crippen molar-refractivity contribution in [1.29, 1.82) is 0 Å². The van der Waals surface area contributed by atoms with Gasteiger partial charge in [-0.25, -0.2) is 4.98 Å². The van der Waals surface area contributed by atoms with Crippen molar-refractivity contribution in [3.05, 3.63) is 30.4 Å². The second-order valence-electron chi connectivity index (χ2n) is 7.21. The number of fused-ring (bicyclic) bond motifs is 1. The number of halogens is 1. The number of pyridine rings is 1. The first kappa shape index (κ1) is 20.6. The van der Waals surface area contributed by atoms with Crippen LogP contribution in [0.15, 0.2) is 24.7 Å². The smallest absolute Gasteiger partial charge is 1.00 e. The Kier molecular flexibility index (Phi) is 5.73. The summed E-state index contributed by atoms with van der Waals surface area (Å²) in [5.74, 6) is -0.682. The summed E-state index contributed by atoms with van der Waals surface area (Å²) in [6.45, 7) is 2.59. The molecule has 1 saturated heterocycles. The molecule has 0 unspecified atom stereocenters. The van der Waals surface area contributed by atoms with E-state index in [2.05, 4.69) is 32.5 Å². The van der Waals surface area contributed by atoms with Crippen molar-refractivity contribution in [2.45, 2.75) is 25.8 Å². The molecular weight excluding hydrogens is 396 g/mol. The fourth-order valence-corrected chi connectivity index (χ4v) is 3.75. The van der Waals surface area contributed by atoms with E-state index in [9.17, 15) is 9.59 Å². The number of nitrogens with zero attached hydrogens (tertiary/aromatic N) is 5. The fourth-order valence-electron chi connectivity index (χ4n) is 3.75. The molecule has 3 aromatic rings. The van der Waals surface area contributed by atoms with Crippen LogP contribution in [0.1, 0.15) is 32.9 Å². The van der Waals surface area contributed by atoms with Gasteiger partial charge in [0.2, 0.25) is 0 Å². The molecule has 0 spiro atoms. The molecule has 2 amide bonds. The van der Waals surface area contributed by atoms with Gasteiger partial charge in [0.15, 0.2) is 0 Å². The van der Waals surface area contributed by atoms with Crippen LogP contribution in [0.3, 0.4) is 0 Å². The monoisotopic (exact) mass is 418 g/mol. The number of nitrogen functional groups attached to an aromatic ring is 1. The van der Waals surface area contributed by atoms with Crippen molar-refractivity contribution in [3.63, 3.8) is 0 Å². The van der Waals surface area contributed by atoms with Crippen LogP contribution in [-0.2, 0) is 16.6 Å². The van der Waals surface area contributed by atoms with E-state index in [1.54, 1.807) is 15.8 Å². The first-order valence-electron chi connectivity index (χ1n) is 9.13. The number of amides is 2. The maximum absolute atomic E-state index is 13.0. The number of carbonyl (C=O) groups excluding carboxylic acids is 2. The summed E-state index contributed by atoms with van der Waals surface area (Å²) in [6.07, 6.45) is 6.41. The first-order chi connectivity index (χ1) is 13.5. The number of aromatic nitrogens is 5. The topological polar surface area (TPSA) is 135 Å². The van der Waals surface area contributed by atoms with Crippen LogP contribution in [0.4, 0.5) is 11.5 Å². The van der Waals surface area contributed by atoms with Gasteiger partial charge in [0, 0.05) is 19.8 Å². The number of hydrogen-bond donors (Lipinski definition) is 3. The normalized spacial score (nSPS) is 19.0. The van der Waals surface area contributed by atoms with Gasteiger partial charge < -0.3 is 28.4 Å². The van der Waals surface area contributed by atoms with Crippen LogP contribution in [-0.4, -0.2) is 48.2 Å². The highest BCUT2D eigenvalue weighted by atomic mass is 35.5. The lowest BCUT2D eigenvalue weighted by molar-refractivity contribution is -0.146. The summed E-state index contributed by atoms with van der Waals surface area (Å²) in [5.41, 5.74) is 7.62. The Morgan fingerprint density at radius 3 is 2.86 bits per heavy atom. The third-order valence-corrected chi connectivity index (χ3v) is 5.24. The van der Waals surface area contributed by atoms with Crippen molar-refractivity contribution in [1.82, 2.24) is 29.9 Å². The van der Waals surface area contributed by atoms with Crippen molar-refractivity contribution < 1.29 is 23.4 Å². The molecule has 0 radical (unpaired) electrons. The summed E-state index contributed by atoms with van der Waals surface area (Å²) in [6, 6.07) is 1.70. The predicted octanol–water partition coefficient (Wildman–Crippen LogP) is -1.67. The Labute approximate surface area is 174 Å². The Morgan fingerprint density at radius 2 is 2.14 bits per heavy atom. The molecule has 29 heavy (non-hydrogen) atoms. The number of likely N-dealkylation sites (tertiary alicyclic amines) is 1. The summed E-state index contributed by atoms with van der Waals surface area (Å²) >= 11 is 0. The van der Waals surface area contributed by atoms with Crippen LogP contribution in [0.2, 0.25) is 0 Å². The number of nitrogens with two attached hydrogens (primary N) is 1. The predicted molar refractivity (Wildman–Crippen MR) is 104 cm³/mol. The molecule has 1 fully saturated rings. The number of rotatable bonds is 2. The number of aryl methyl sites for hydroxylation is 1. The highest BCUT2D eigenvalue weighted by Gasteiger charge is 2.35. The molecule has 0 saturated carbocycles. The third-order valence-electron chi connectivity index (χ3n) is 5.24. The molecule has 2 atom stereocenters. The largest absolute Gasteiger partial charge is 1.00 e. The lowest BCUT2D eigenvalue weighted by atomic mass is 9.92. The lowest BCUT2D eigenvalue weighted by Gasteiger charge is -2.38. The van der Waals surface area contributed by atoms with Crippen LogP contribution in [0.5, 0.6) is 0 Å². The van der Waals surface area contributed by atoms with Crippen LogP contribution in [0, 0.1) is 5.92 Å². The van der Waals surface area contributed by atoms with Crippen LogP contribution < -0.4 is 23.5 Å². The Hall–Kier alpha value is -3.14. The molecule has 11 heteroatoms. The Morgan fingerprint density at radius 1 is 1.34 bits per heavy atom. The van der Waals surface area contributed by atoms with Gasteiger partial charge in [-0.2, -0.15) is 10.2 Å². The van der Waals surface area contributed by atoms with Gasteiger partial charge in [0.1, 0.15) is 5.82 Å². The van der Waals surface area contributed by atoms with Crippen LogP contribution >= 0.6 is 0 Å². The van der Waals surface area contributed by atoms with Gasteiger partial charge in [0.05, 0.1) is 40.7 Å². The second-order valence-corrected chi connectivity index (χ2v) is 7.21. The van der Waals surface area contributed by atoms with Crippen molar-refractivity contribution in [2.75, 3.05) is 17.6 Å². The number of nitrogens with one attached hydrogen (secondary N) is 2. The fraction of sp³-hybridized carbons (Fsp3) is 0.389. The highest BCUT2D eigenvalue weighted by Crippen LogP contribution is 2.33. The van der Waals surface area contributed by atoms with Crippen molar-refractivity contribution in [2.24, 2.45) is 13.0 Å². The summed E-state index contributed by atoms with van der Waals surface area (Å²) in [5, 5.41) is 14.1. The SMILES string of the molecule is C[C@@H]1CC[C@H](c2ccnn2C)N(C(=O)C(=O)Nc2cnc(N)c3cn[nH]c23)C1.[Cl-].[H+]. The molecule has 0 bridgehead atoms. The van der Waals surface area contributed by atoms with Crippen LogP contribution in [0.25, 0.3) is 10.9 Å². The van der Waals surface area contributed by atoms with E-state index in [-0.39, 0.29) is 19.9 Å². The Balaban J connectivity index is 0.00000160. The molecule has 0 aromatic carbocycles. The Bertz CT molecular complexity index is 1050. The average molecular weight is 419 g/mol. The number of piperidine rings is 1. The maximum Gasteiger partial charge on any atom is 1.00 e. The number of carbonyl (C=O) groups is 2. The van der Waals surface area contributed by atoms with Gasteiger partial charge in [-0.15, -0.1) is 0 Å². The minimum Gasteiger partial charge on any atom is -1.00 e. The van der Waals surface area contributed by atoms with E-state index in [4.69, 9.17) is 5.73 Å². The quantitative estimate of drug-likeness (QED) is 0.426. The third kappa shape index (κ3) is 3.75. The van der Waals surface area contributed by atoms with Gasteiger partial charge in [-0.3, -0.25) is 19.4 Å². The molecular formula is C18H23ClN8O2. The molecule has 4 heterocycles. The molecule has 0 aliphatic carbocycles. The zero-order valence-corrected chi connectivity index (χ0v) is 16.8. The lowest BCUT2D eigenvalue weighted by Crippen LogP contribution is -3.00. The maximum atomic E-state index is 13.0. The van der Waals surface area contributed by atoms with E-state index in [1.807, 2.05) is 13.1 Å². The summed E-state index contributed by atoms with van der Waals surface area (Å²) in [7, 11) is 1.84. The van der Waals surface area contributed by atoms with E-state index < -0.39 is 11.8 Å². The van der Waals surface area contributed by atoms with Crippen molar-refractivity contribution >= 4 is 34.2 Å². The summed E-state index contributed by atoms with van der Waals surface area (Å²) < 4.78 is 1.75. The molecule has 4 N–H and O–H groups in total.